The number of halogens is 1. The molecular weight excluding hydrogens is 385 g/mol. The SMILES string of the molecule is O=C(NC1CCN(C(=O)C2CC2)CC1)c1ccc(-c2nccc3occc23)c(F)c1. The predicted molar refractivity (Wildman–Crippen MR) is 109 cm³/mol. The number of likely N-dealkylation sites (tertiary alicyclic amines) is 1. The lowest BCUT2D eigenvalue weighted by atomic mass is 10.0. The monoisotopic (exact) mass is 407 g/mol. The lowest BCUT2D eigenvalue weighted by Gasteiger charge is -2.32. The average molecular weight is 407 g/mol. The highest BCUT2D eigenvalue weighted by atomic mass is 19.1. The highest BCUT2D eigenvalue weighted by Gasteiger charge is 2.35. The number of amides is 2. The summed E-state index contributed by atoms with van der Waals surface area (Å²) in [6.07, 6.45) is 6.55. The van der Waals surface area contributed by atoms with E-state index >= 15 is 0 Å². The molecule has 2 aliphatic rings. The Bertz CT molecular complexity index is 1110. The van der Waals surface area contributed by atoms with Crippen LogP contribution in [0.1, 0.15) is 36.0 Å². The van der Waals surface area contributed by atoms with Crippen LogP contribution in [0, 0.1) is 11.7 Å². The molecule has 2 fully saturated rings. The third-order valence-corrected chi connectivity index (χ3v) is 5.93. The first-order chi connectivity index (χ1) is 14.6. The van der Waals surface area contributed by atoms with Gasteiger partial charge in [-0.3, -0.25) is 14.6 Å². The molecule has 3 heterocycles. The minimum atomic E-state index is -0.506. The average Bonchev–Trinajstić information content (AvgIpc) is 3.50. The van der Waals surface area contributed by atoms with E-state index in [2.05, 4.69) is 10.3 Å². The number of pyridine rings is 1. The van der Waals surface area contributed by atoms with Crippen LogP contribution in [0.5, 0.6) is 0 Å². The summed E-state index contributed by atoms with van der Waals surface area (Å²) in [6.45, 7) is 1.32. The topological polar surface area (TPSA) is 75.4 Å². The molecule has 30 heavy (non-hydrogen) atoms. The Balaban J connectivity index is 1.26. The smallest absolute Gasteiger partial charge is 0.251 e. The number of rotatable bonds is 4. The molecule has 1 aliphatic heterocycles. The number of aromatic nitrogens is 1. The molecule has 154 valence electrons. The summed E-state index contributed by atoms with van der Waals surface area (Å²) in [6, 6.07) is 7.90. The fourth-order valence-corrected chi connectivity index (χ4v) is 4.06. The van der Waals surface area contributed by atoms with Crippen molar-refractivity contribution in [2.24, 2.45) is 5.92 Å². The lowest BCUT2D eigenvalue weighted by molar-refractivity contribution is -0.133. The Kier molecular flexibility index (Phi) is 4.73. The summed E-state index contributed by atoms with van der Waals surface area (Å²) < 4.78 is 20.2. The Labute approximate surface area is 173 Å². The zero-order valence-corrected chi connectivity index (χ0v) is 16.4. The number of carbonyl (C=O) groups excluding carboxylic acids is 2. The molecule has 0 unspecified atom stereocenters. The first-order valence-electron chi connectivity index (χ1n) is 10.3. The third kappa shape index (κ3) is 3.56. The zero-order chi connectivity index (χ0) is 20.7. The molecule has 1 saturated carbocycles. The molecule has 0 spiro atoms. The molecule has 1 aliphatic carbocycles. The maximum atomic E-state index is 14.8. The van der Waals surface area contributed by atoms with E-state index in [9.17, 15) is 14.0 Å². The molecule has 1 saturated heterocycles. The van der Waals surface area contributed by atoms with Gasteiger partial charge in [0, 0.05) is 47.8 Å². The van der Waals surface area contributed by atoms with Crippen LogP contribution in [0.2, 0.25) is 0 Å². The van der Waals surface area contributed by atoms with Crippen molar-refractivity contribution in [2.45, 2.75) is 31.7 Å². The van der Waals surface area contributed by atoms with Crippen molar-refractivity contribution in [2.75, 3.05) is 13.1 Å². The largest absolute Gasteiger partial charge is 0.464 e. The van der Waals surface area contributed by atoms with Crippen LogP contribution in [0.15, 0.2) is 47.2 Å². The second-order valence-corrected chi connectivity index (χ2v) is 8.03. The molecule has 0 bridgehead atoms. The predicted octanol–water partition coefficient (Wildman–Crippen LogP) is 3.76. The first kappa shape index (κ1) is 18.8. The molecule has 2 aromatic heterocycles. The van der Waals surface area contributed by atoms with E-state index in [4.69, 9.17) is 4.42 Å². The van der Waals surface area contributed by atoms with Crippen molar-refractivity contribution in [3.63, 3.8) is 0 Å². The summed E-state index contributed by atoms with van der Waals surface area (Å²) in [5.41, 5.74) is 1.71. The minimum absolute atomic E-state index is 0.00941. The maximum absolute atomic E-state index is 14.8. The summed E-state index contributed by atoms with van der Waals surface area (Å²) in [4.78, 5) is 31.0. The van der Waals surface area contributed by atoms with Crippen LogP contribution < -0.4 is 5.32 Å². The maximum Gasteiger partial charge on any atom is 0.251 e. The van der Waals surface area contributed by atoms with Crippen molar-refractivity contribution in [3.05, 3.63) is 54.2 Å². The standard InChI is InChI=1S/C23H22FN3O3/c24-19-13-15(3-4-17(19)21-18-8-12-30-20(18)5-9-25-21)22(28)26-16-6-10-27(11-7-16)23(29)14-1-2-14/h3-5,8-9,12-14,16H,1-2,6-7,10-11H2,(H,26,28). The van der Waals surface area contributed by atoms with Crippen molar-refractivity contribution in [3.8, 4) is 11.3 Å². The number of carbonyl (C=O) groups is 2. The Hall–Kier alpha value is -3.22. The lowest BCUT2D eigenvalue weighted by Crippen LogP contribution is -2.47. The molecular formula is C23H22FN3O3. The van der Waals surface area contributed by atoms with Crippen molar-refractivity contribution < 1.29 is 18.4 Å². The number of hydrogen-bond acceptors (Lipinski definition) is 4. The third-order valence-electron chi connectivity index (χ3n) is 5.93. The van der Waals surface area contributed by atoms with E-state index in [1.165, 1.54) is 6.07 Å². The number of nitrogens with one attached hydrogen (secondary N) is 1. The van der Waals surface area contributed by atoms with Gasteiger partial charge in [-0.25, -0.2) is 4.39 Å². The van der Waals surface area contributed by atoms with Crippen molar-refractivity contribution in [1.29, 1.82) is 0 Å². The number of furan rings is 1. The molecule has 0 atom stereocenters. The summed E-state index contributed by atoms with van der Waals surface area (Å²) >= 11 is 0. The van der Waals surface area contributed by atoms with Crippen LogP contribution in [-0.2, 0) is 4.79 Å². The van der Waals surface area contributed by atoms with Crippen LogP contribution in [-0.4, -0.2) is 40.8 Å². The quantitative estimate of drug-likeness (QED) is 0.715. The first-order valence-corrected chi connectivity index (χ1v) is 10.3. The highest BCUT2D eigenvalue weighted by Crippen LogP contribution is 2.32. The molecule has 2 amide bonds. The summed E-state index contributed by atoms with van der Waals surface area (Å²) in [5, 5.41) is 3.70. The van der Waals surface area contributed by atoms with E-state index in [0.717, 1.165) is 31.1 Å². The highest BCUT2D eigenvalue weighted by molar-refractivity contribution is 5.96. The van der Waals surface area contributed by atoms with Gasteiger partial charge in [-0.2, -0.15) is 0 Å². The second kappa shape index (κ2) is 7.55. The van der Waals surface area contributed by atoms with Crippen LogP contribution >= 0.6 is 0 Å². The van der Waals surface area contributed by atoms with E-state index in [1.54, 1.807) is 36.7 Å². The van der Waals surface area contributed by atoms with Gasteiger partial charge in [0.1, 0.15) is 11.4 Å². The van der Waals surface area contributed by atoms with Gasteiger partial charge in [-0.05, 0) is 56.0 Å². The Morgan fingerprint density at radius 1 is 1.10 bits per heavy atom. The minimum Gasteiger partial charge on any atom is -0.464 e. The molecule has 1 aromatic carbocycles. The molecule has 1 N–H and O–H groups in total. The van der Waals surface area contributed by atoms with Gasteiger partial charge < -0.3 is 14.6 Å². The fraction of sp³-hybridized carbons (Fsp3) is 0.348. The van der Waals surface area contributed by atoms with Crippen molar-refractivity contribution >= 4 is 22.8 Å². The van der Waals surface area contributed by atoms with Gasteiger partial charge in [0.2, 0.25) is 5.91 Å². The molecule has 0 radical (unpaired) electrons. The van der Waals surface area contributed by atoms with E-state index in [1.807, 2.05) is 4.90 Å². The van der Waals surface area contributed by atoms with Gasteiger partial charge in [-0.1, -0.05) is 0 Å². The van der Waals surface area contributed by atoms with E-state index < -0.39 is 5.82 Å². The summed E-state index contributed by atoms with van der Waals surface area (Å²) in [7, 11) is 0. The van der Waals surface area contributed by atoms with Crippen molar-refractivity contribution in [1.82, 2.24) is 15.2 Å². The van der Waals surface area contributed by atoms with E-state index in [-0.39, 0.29) is 29.3 Å². The second-order valence-electron chi connectivity index (χ2n) is 8.03. The number of hydrogen-bond donors (Lipinski definition) is 1. The van der Waals surface area contributed by atoms with Gasteiger partial charge in [-0.15, -0.1) is 0 Å². The van der Waals surface area contributed by atoms with Crippen LogP contribution in [0.3, 0.4) is 0 Å². The Morgan fingerprint density at radius 2 is 1.90 bits per heavy atom. The van der Waals surface area contributed by atoms with E-state index in [0.29, 0.717) is 29.9 Å². The number of fused-ring (bicyclic) bond motifs is 1. The molecule has 5 rings (SSSR count). The molecule has 6 nitrogen and oxygen atoms in total. The van der Waals surface area contributed by atoms with Crippen LogP contribution in [0.4, 0.5) is 4.39 Å². The van der Waals surface area contributed by atoms with Gasteiger partial charge in [0.15, 0.2) is 0 Å². The van der Waals surface area contributed by atoms with Gasteiger partial charge in [0.05, 0.1) is 12.0 Å². The summed E-state index contributed by atoms with van der Waals surface area (Å²) in [5.74, 6) is -0.339. The molecule has 7 heteroatoms. The van der Waals surface area contributed by atoms with Crippen LogP contribution in [0.25, 0.3) is 22.2 Å². The molecule has 3 aromatic rings. The number of nitrogens with zero attached hydrogens (tertiary/aromatic N) is 2. The fourth-order valence-electron chi connectivity index (χ4n) is 4.06. The van der Waals surface area contributed by atoms with Gasteiger partial charge in [0.25, 0.3) is 5.91 Å². The number of piperidine rings is 1. The van der Waals surface area contributed by atoms with Gasteiger partial charge >= 0.3 is 0 Å². The zero-order valence-electron chi connectivity index (χ0n) is 16.4. The Morgan fingerprint density at radius 3 is 2.63 bits per heavy atom. The number of benzene rings is 1. The normalized spacial score (nSPS) is 17.3.